The Labute approximate surface area is 108 Å². The molecule has 3 unspecified atom stereocenters. The van der Waals surface area contributed by atoms with E-state index in [0.717, 1.165) is 25.7 Å². The van der Waals surface area contributed by atoms with Crippen molar-refractivity contribution in [1.29, 1.82) is 0 Å². The van der Waals surface area contributed by atoms with E-state index in [2.05, 4.69) is 5.32 Å². The monoisotopic (exact) mass is 253 g/mol. The summed E-state index contributed by atoms with van der Waals surface area (Å²) in [5.74, 6) is 1.47. The van der Waals surface area contributed by atoms with Crippen LogP contribution in [0.25, 0.3) is 0 Å². The number of fused-ring (bicyclic) bond motifs is 1. The lowest BCUT2D eigenvalue weighted by atomic mass is 9.81. The summed E-state index contributed by atoms with van der Waals surface area (Å²) in [4.78, 5) is 23.1. The Hall–Kier alpha value is -1.06. The zero-order chi connectivity index (χ0) is 13.3. The molecule has 2 fully saturated rings. The Morgan fingerprint density at radius 1 is 1.28 bits per heavy atom. The molecule has 2 aliphatic carbocycles. The van der Waals surface area contributed by atoms with Crippen molar-refractivity contribution in [3.05, 3.63) is 0 Å². The fourth-order valence-corrected chi connectivity index (χ4v) is 3.15. The summed E-state index contributed by atoms with van der Waals surface area (Å²) in [6.07, 6.45) is 4.01. The summed E-state index contributed by atoms with van der Waals surface area (Å²) in [6, 6.07) is 0.181. The van der Waals surface area contributed by atoms with E-state index in [-0.39, 0.29) is 12.1 Å². The number of hydrogen-bond acceptors (Lipinski definition) is 3. The molecule has 3 atom stereocenters. The molecule has 102 valence electrons. The fraction of sp³-hybridized carbons (Fsp3) is 0.857. The maximum Gasteiger partial charge on any atom is 0.407 e. The van der Waals surface area contributed by atoms with Crippen molar-refractivity contribution in [3.8, 4) is 0 Å². The molecule has 1 N–H and O–H groups in total. The van der Waals surface area contributed by atoms with Gasteiger partial charge in [0.05, 0.1) is 0 Å². The first kappa shape index (κ1) is 13.4. The summed E-state index contributed by atoms with van der Waals surface area (Å²) < 4.78 is 5.26. The summed E-state index contributed by atoms with van der Waals surface area (Å²) in [5, 5.41) is 2.93. The average Bonchev–Trinajstić information content (AvgIpc) is 2.55. The Morgan fingerprint density at radius 3 is 2.61 bits per heavy atom. The summed E-state index contributed by atoms with van der Waals surface area (Å²) in [6.45, 7) is 5.58. The minimum absolute atomic E-state index is 0.181. The molecule has 4 heteroatoms. The molecule has 0 spiro atoms. The summed E-state index contributed by atoms with van der Waals surface area (Å²) >= 11 is 0. The van der Waals surface area contributed by atoms with Crippen LogP contribution in [0.2, 0.25) is 0 Å². The van der Waals surface area contributed by atoms with E-state index in [0.29, 0.717) is 24.0 Å². The fourth-order valence-electron chi connectivity index (χ4n) is 3.15. The third-order valence-corrected chi connectivity index (χ3v) is 3.85. The quantitative estimate of drug-likeness (QED) is 0.781. The zero-order valence-electron chi connectivity index (χ0n) is 11.5. The van der Waals surface area contributed by atoms with Gasteiger partial charge in [-0.15, -0.1) is 0 Å². The van der Waals surface area contributed by atoms with Crippen LogP contribution >= 0.6 is 0 Å². The topological polar surface area (TPSA) is 55.4 Å². The van der Waals surface area contributed by atoms with Crippen molar-refractivity contribution < 1.29 is 14.3 Å². The molecule has 2 saturated carbocycles. The van der Waals surface area contributed by atoms with Gasteiger partial charge >= 0.3 is 6.09 Å². The van der Waals surface area contributed by atoms with E-state index >= 15 is 0 Å². The second kappa shape index (κ2) is 4.90. The van der Waals surface area contributed by atoms with Crippen LogP contribution in [0.15, 0.2) is 0 Å². The molecule has 0 saturated heterocycles. The van der Waals surface area contributed by atoms with Gasteiger partial charge in [-0.25, -0.2) is 4.79 Å². The molecule has 1 amide bonds. The number of hydrogen-bond donors (Lipinski definition) is 1. The van der Waals surface area contributed by atoms with Gasteiger partial charge in [0.15, 0.2) is 0 Å². The third-order valence-electron chi connectivity index (χ3n) is 3.85. The minimum atomic E-state index is -0.453. The van der Waals surface area contributed by atoms with Crippen LogP contribution in [0.4, 0.5) is 4.79 Å². The Kier molecular flexibility index (Phi) is 3.64. The van der Waals surface area contributed by atoms with Gasteiger partial charge in [-0.3, -0.25) is 4.79 Å². The lowest BCUT2D eigenvalue weighted by Crippen LogP contribution is -2.38. The molecule has 4 nitrogen and oxygen atoms in total. The number of Topliss-reactive ketones (excluding diaryl/α,β-unsaturated/α-hetero) is 1. The van der Waals surface area contributed by atoms with Crippen molar-refractivity contribution in [2.24, 2.45) is 11.8 Å². The van der Waals surface area contributed by atoms with Crippen LogP contribution in [-0.4, -0.2) is 23.5 Å². The maximum absolute atomic E-state index is 11.7. The van der Waals surface area contributed by atoms with E-state index in [9.17, 15) is 9.59 Å². The number of amides is 1. The van der Waals surface area contributed by atoms with Crippen LogP contribution in [0.3, 0.4) is 0 Å². The molecule has 0 aromatic heterocycles. The number of ketones is 1. The molecular formula is C14H23NO3. The van der Waals surface area contributed by atoms with Gasteiger partial charge in [-0.05, 0) is 51.9 Å². The predicted octanol–water partition coefficient (Wildman–Crippen LogP) is 2.66. The second-order valence-corrected chi connectivity index (χ2v) is 6.62. The Morgan fingerprint density at radius 2 is 1.94 bits per heavy atom. The molecule has 0 aromatic rings. The SMILES string of the molecule is CC(C)(C)OC(=O)NC1CC2CCC(=O)CC2C1. The predicted molar refractivity (Wildman–Crippen MR) is 68.2 cm³/mol. The van der Waals surface area contributed by atoms with Crippen molar-refractivity contribution in [2.75, 3.05) is 0 Å². The maximum atomic E-state index is 11.7. The van der Waals surface area contributed by atoms with Gasteiger partial charge < -0.3 is 10.1 Å². The zero-order valence-corrected chi connectivity index (χ0v) is 11.5. The highest BCUT2D eigenvalue weighted by atomic mass is 16.6. The number of carbonyl (C=O) groups is 2. The lowest BCUT2D eigenvalue weighted by Gasteiger charge is -2.23. The van der Waals surface area contributed by atoms with Gasteiger partial charge in [-0.2, -0.15) is 0 Å². The van der Waals surface area contributed by atoms with Gasteiger partial charge in [0.25, 0.3) is 0 Å². The van der Waals surface area contributed by atoms with Crippen molar-refractivity contribution in [3.63, 3.8) is 0 Å². The molecule has 2 aliphatic rings. The van der Waals surface area contributed by atoms with Crippen molar-refractivity contribution in [2.45, 2.75) is 64.5 Å². The smallest absolute Gasteiger partial charge is 0.407 e. The van der Waals surface area contributed by atoms with E-state index in [1.54, 1.807) is 0 Å². The number of carbonyl (C=O) groups excluding carboxylic acids is 2. The minimum Gasteiger partial charge on any atom is -0.444 e. The van der Waals surface area contributed by atoms with E-state index in [1.807, 2.05) is 20.8 Å². The number of nitrogens with one attached hydrogen (secondary N) is 1. The first-order chi connectivity index (χ1) is 8.33. The first-order valence-corrected chi connectivity index (χ1v) is 6.85. The number of alkyl carbamates (subject to hydrolysis) is 1. The van der Waals surface area contributed by atoms with Crippen LogP contribution in [0.1, 0.15) is 52.9 Å². The van der Waals surface area contributed by atoms with Crippen LogP contribution in [-0.2, 0) is 9.53 Å². The van der Waals surface area contributed by atoms with Crippen LogP contribution < -0.4 is 5.32 Å². The van der Waals surface area contributed by atoms with Crippen LogP contribution in [0, 0.1) is 11.8 Å². The standard InChI is InChI=1S/C14H23NO3/c1-14(2,3)18-13(17)15-11-6-9-4-5-12(16)8-10(9)7-11/h9-11H,4-8H2,1-3H3,(H,15,17). The highest BCUT2D eigenvalue weighted by Gasteiger charge is 2.39. The Bertz CT molecular complexity index is 345. The molecule has 18 heavy (non-hydrogen) atoms. The first-order valence-electron chi connectivity index (χ1n) is 6.85. The largest absolute Gasteiger partial charge is 0.444 e. The normalized spacial score (nSPS) is 31.9. The van der Waals surface area contributed by atoms with Crippen molar-refractivity contribution >= 4 is 11.9 Å². The van der Waals surface area contributed by atoms with Crippen molar-refractivity contribution in [1.82, 2.24) is 5.32 Å². The van der Waals surface area contributed by atoms with Crippen LogP contribution in [0.5, 0.6) is 0 Å². The third kappa shape index (κ3) is 3.47. The molecule has 2 rings (SSSR count). The highest BCUT2D eigenvalue weighted by molar-refractivity contribution is 5.79. The van der Waals surface area contributed by atoms with E-state index < -0.39 is 5.60 Å². The average molecular weight is 253 g/mol. The molecular weight excluding hydrogens is 230 g/mol. The number of rotatable bonds is 1. The molecule has 0 aliphatic heterocycles. The lowest BCUT2D eigenvalue weighted by molar-refractivity contribution is -0.122. The van der Waals surface area contributed by atoms with E-state index in [4.69, 9.17) is 4.74 Å². The number of ether oxygens (including phenoxy) is 1. The second-order valence-electron chi connectivity index (χ2n) is 6.62. The van der Waals surface area contributed by atoms with Gasteiger partial charge in [0, 0.05) is 18.9 Å². The molecule has 0 heterocycles. The summed E-state index contributed by atoms with van der Waals surface area (Å²) in [7, 11) is 0. The van der Waals surface area contributed by atoms with Gasteiger partial charge in [0.1, 0.15) is 11.4 Å². The Balaban J connectivity index is 1.82. The molecule has 0 aromatic carbocycles. The molecule has 0 bridgehead atoms. The molecule has 0 radical (unpaired) electrons. The van der Waals surface area contributed by atoms with E-state index in [1.165, 1.54) is 0 Å². The summed E-state index contributed by atoms with van der Waals surface area (Å²) in [5.41, 5.74) is -0.453. The van der Waals surface area contributed by atoms with Gasteiger partial charge in [0.2, 0.25) is 0 Å². The highest BCUT2D eigenvalue weighted by Crippen LogP contribution is 2.41. The van der Waals surface area contributed by atoms with Gasteiger partial charge in [-0.1, -0.05) is 0 Å².